The molecule has 5 aromatic rings. The molecule has 5 rings (SSSR count). The summed E-state index contributed by atoms with van der Waals surface area (Å²) >= 11 is 6.55. The number of hydrogen-bond acceptors (Lipinski definition) is 8. The van der Waals surface area contributed by atoms with Gasteiger partial charge < -0.3 is 0 Å². The molecule has 0 spiro atoms. The molecule has 0 saturated heterocycles. The van der Waals surface area contributed by atoms with Crippen molar-refractivity contribution in [2.24, 2.45) is 0 Å². The fraction of sp³-hybridized carbons (Fsp3) is 0. The van der Waals surface area contributed by atoms with E-state index in [1.165, 1.54) is 122 Å². The van der Waals surface area contributed by atoms with Crippen LogP contribution in [0.1, 0.15) is 20.7 Å². The molecule has 0 bridgehead atoms. The third-order valence-corrected chi connectivity index (χ3v) is 10.8. The molecular weight excluding hydrogens is 736 g/mol. The first-order valence-electron chi connectivity index (χ1n) is 12.6. The minimum atomic E-state index is -4.45. The van der Waals surface area contributed by atoms with Gasteiger partial charge in [0.05, 0.1) is 21.2 Å². The number of amides is 2. The second-order valence-electron chi connectivity index (χ2n) is 9.05. The van der Waals surface area contributed by atoms with Crippen molar-refractivity contribution in [2.45, 2.75) is 9.79 Å². The molecule has 0 saturated carbocycles. The quantitative estimate of drug-likeness (QED) is 0.186. The second kappa shape index (κ2) is 12.8. The summed E-state index contributed by atoms with van der Waals surface area (Å²) in [5, 5.41) is 0. The van der Waals surface area contributed by atoms with E-state index in [1.807, 2.05) is 0 Å². The largest absolute Gasteiger partial charge is 0.272 e. The summed E-state index contributed by atoms with van der Waals surface area (Å²) in [5.74, 6) is -1.73. The number of carbonyl (C=O) groups is 2. The number of nitrogens with zero attached hydrogens (tertiary/aromatic N) is 4. The van der Waals surface area contributed by atoms with E-state index in [0.29, 0.717) is 17.6 Å². The Morgan fingerprint density at radius 2 is 0.773 bits per heavy atom. The highest BCUT2D eigenvalue weighted by atomic mass is 79.9. The maximum Gasteiger partial charge on any atom is 0.272 e. The number of sulfonamides is 2. The lowest BCUT2D eigenvalue weighted by molar-refractivity contribution is 0.0996. The molecule has 0 aliphatic heterocycles. The second-order valence-corrected chi connectivity index (χ2v) is 14.4. The Labute approximate surface area is 270 Å². The van der Waals surface area contributed by atoms with Crippen LogP contribution in [0.15, 0.2) is 141 Å². The van der Waals surface area contributed by atoms with Crippen LogP contribution in [-0.4, -0.2) is 38.6 Å². The van der Waals surface area contributed by atoms with Crippen LogP contribution >= 0.6 is 31.9 Å². The van der Waals surface area contributed by atoms with E-state index in [0.717, 1.165) is 0 Å². The molecule has 2 aromatic heterocycles. The molecule has 0 unspecified atom stereocenters. The van der Waals surface area contributed by atoms with E-state index >= 15 is 0 Å². The average Bonchev–Trinajstić information content (AvgIpc) is 3.03. The molecule has 44 heavy (non-hydrogen) atoms. The van der Waals surface area contributed by atoms with Crippen molar-refractivity contribution in [1.82, 2.24) is 9.97 Å². The van der Waals surface area contributed by atoms with Crippen molar-refractivity contribution in [1.29, 1.82) is 0 Å². The van der Waals surface area contributed by atoms with Gasteiger partial charge in [-0.1, -0.05) is 31.9 Å². The fourth-order valence-electron chi connectivity index (χ4n) is 4.10. The highest BCUT2D eigenvalue weighted by Gasteiger charge is 2.34. The van der Waals surface area contributed by atoms with Gasteiger partial charge in [0.25, 0.3) is 31.9 Å². The standard InChI is InChI=1S/C30H20Br2N4O6S2/c31-23-1-9-27(10-2-23)43(39,40)35(29(37)21-13-17-33-18-14-21)25-5-7-26(8-6-25)36(30(38)22-15-19-34-20-16-22)44(41,42)28-11-3-24(32)4-12-28/h1-20H. The Morgan fingerprint density at radius 3 is 1.07 bits per heavy atom. The van der Waals surface area contributed by atoms with E-state index in [2.05, 4.69) is 41.8 Å². The highest BCUT2D eigenvalue weighted by Crippen LogP contribution is 2.32. The predicted octanol–water partition coefficient (Wildman–Crippen LogP) is 6.07. The van der Waals surface area contributed by atoms with Crippen molar-refractivity contribution in [3.63, 3.8) is 0 Å². The summed E-state index contributed by atoms with van der Waals surface area (Å²) in [6, 6.07) is 22.0. The van der Waals surface area contributed by atoms with Crippen LogP contribution in [0, 0.1) is 0 Å². The minimum Gasteiger partial charge on any atom is -0.268 e. The first kappa shape index (κ1) is 31.2. The Hall–Kier alpha value is -4.24. The summed E-state index contributed by atoms with van der Waals surface area (Å²) in [6.45, 7) is 0. The Kier molecular flexibility index (Phi) is 9.06. The summed E-state index contributed by atoms with van der Waals surface area (Å²) in [6.07, 6.45) is 5.43. The molecule has 2 amide bonds. The molecule has 222 valence electrons. The fourth-order valence-corrected chi connectivity index (χ4v) is 7.46. The minimum absolute atomic E-state index is 0.0528. The van der Waals surface area contributed by atoms with Crippen LogP contribution in [0.3, 0.4) is 0 Å². The lowest BCUT2D eigenvalue weighted by Gasteiger charge is -2.25. The van der Waals surface area contributed by atoms with E-state index < -0.39 is 31.9 Å². The van der Waals surface area contributed by atoms with Gasteiger partial charge >= 0.3 is 0 Å². The van der Waals surface area contributed by atoms with Gasteiger partial charge in [-0.15, -0.1) is 0 Å². The van der Waals surface area contributed by atoms with Crippen LogP contribution in [-0.2, 0) is 20.0 Å². The van der Waals surface area contributed by atoms with E-state index in [4.69, 9.17) is 0 Å². The third kappa shape index (κ3) is 6.33. The normalized spacial score (nSPS) is 11.5. The van der Waals surface area contributed by atoms with Crippen molar-refractivity contribution in [3.8, 4) is 0 Å². The molecular formula is C30H20Br2N4O6S2. The zero-order chi connectivity index (χ0) is 31.5. The van der Waals surface area contributed by atoms with Gasteiger partial charge in [-0.2, -0.15) is 8.61 Å². The number of carbonyl (C=O) groups excluding carboxylic acids is 2. The van der Waals surface area contributed by atoms with Gasteiger partial charge in [0.1, 0.15) is 0 Å². The Morgan fingerprint density at radius 1 is 0.477 bits per heavy atom. The number of halogens is 2. The van der Waals surface area contributed by atoms with Crippen molar-refractivity contribution >= 4 is 75.1 Å². The number of benzene rings is 3. The molecule has 14 heteroatoms. The predicted molar refractivity (Wildman–Crippen MR) is 171 cm³/mol. The zero-order valence-electron chi connectivity index (χ0n) is 22.4. The van der Waals surface area contributed by atoms with Crippen molar-refractivity contribution < 1.29 is 26.4 Å². The van der Waals surface area contributed by atoms with Gasteiger partial charge in [-0.3, -0.25) is 19.6 Å². The molecule has 10 nitrogen and oxygen atoms in total. The molecule has 0 aliphatic rings. The number of rotatable bonds is 8. The van der Waals surface area contributed by atoms with Crippen molar-refractivity contribution in [3.05, 3.63) is 142 Å². The van der Waals surface area contributed by atoms with Crippen LogP contribution in [0.4, 0.5) is 11.4 Å². The first-order chi connectivity index (χ1) is 21.0. The first-order valence-corrected chi connectivity index (χ1v) is 17.1. The summed E-state index contributed by atoms with van der Waals surface area (Å²) in [4.78, 5) is 34.8. The zero-order valence-corrected chi connectivity index (χ0v) is 27.2. The summed E-state index contributed by atoms with van der Waals surface area (Å²) in [5.41, 5.74) is -0.0687. The van der Waals surface area contributed by atoms with Crippen LogP contribution in [0.2, 0.25) is 0 Å². The molecule has 0 atom stereocenters. The maximum absolute atomic E-state index is 13.8. The molecule has 0 N–H and O–H groups in total. The van der Waals surface area contributed by atoms with Crippen LogP contribution in [0.5, 0.6) is 0 Å². The third-order valence-electron chi connectivity index (χ3n) is 6.25. The number of aromatic nitrogens is 2. The molecule has 3 aromatic carbocycles. The van der Waals surface area contributed by atoms with E-state index in [1.54, 1.807) is 0 Å². The van der Waals surface area contributed by atoms with Gasteiger partial charge in [0.2, 0.25) is 0 Å². The molecule has 0 fully saturated rings. The lowest BCUT2D eigenvalue weighted by atomic mass is 10.2. The van der Waals surface area contributed by atoms with E-state index in [9.17, 15) is 26.4 Å². The van der Waals surface area contributed by atoms with Crippen LogP contribution < -0.4 is 8.61 Å². The number of hydrogen-bond donors (Lipinski definition) is 0. The van der Waals surface area contributed by atoms with Gasteiger partial charge in [0.15, 0.2) is 0 Å². The lowest BCUT2D eigenvalue weighted by Crippen LogP contribution is -2.38. The van der Waals surface area contributed by atoms with Gasteiger partial charge in [-0.25, -0.2) is 16.8 Å². The number of pyridine rings is 2. The monoisotopic (exact) mass is 754 g/mol. The average molecular weight is 756 g/mol. The smallest absolute Gasteiger partial charge is 0.268 e. The summed E-state index contributed by atoms with van der Waals surface area (Å²) < 4.78 is 57.9. The summed E-state index contributed by atoms with van der Waals surface area (Å²) in [7, 11) is -8.91. The van der Waals surface area contributed by atoms with Crippen molar-refractivity contribution in [2.75, 3.05) is 8.61 Å². The molecule has 0 radical (unpaired) electrons. The number of anilines is 2. The SMILES string of the molecule is O=C(c1ccncc1)N(c1ccc(N(C(=O)c2ccncc2)S(=O)(=O)c2ccc(Br)cc2)cc1)S(=O)(=O)c1ccc(Br)cc1. The Balaban J connectivity index is 1.63. The molecule has 0 aliphatic carbocycles. The highest BCUT2D eigenvalue weighted by molar-refractivity contribution is 9.10. The maximum atomic E-state index is 13.8. The molecule has 2 heterocycles. The van der Waals surface area contributed by atoms with E-state index in [-0.39, 0.29) is 32.3 Å². The Bertz CT molecular complexity index is 1880. The van der Waals surface area contributed by atoms with Gasteiger partial charge in [-0.05, 0) is 97.1 Å². The topological polar surface area (TPSA) is 135 Å². The van der Waals surface area contributed by atoms with Gasteiger partial charge in [0, 0.05) is 44.9 Å². The van der Waals surface area contributed by atoms with Crippen LogP contribution in [0.25, 0.3) is 0 Å².